The van der Waals surface area contributed by atoms with Gasteiger partial charge in [0.1, 0.15) is 29.1 Å². The van der Waals surface area contributed by atoms with Gasteiger partial charge in [-0.25, -0.2) is 9.97 Å². The lowest BCUT2D eigenvalue weighted by Gasteiger charge is -2.13. The van der Waals surface area contributed by atoms with Gasteiger partial charge < -0.3 is 21.1 Å². The summed E-state index contributed by atoms with van der Waals surface area (Å²) in [5, 5.41) is 6.87. The third kappa shape index (κ3) is 4.55. The maximum Gasteiger partial charge on any atom is 0.267 e. The lowest BCUT2D eigenvalue weighted by molar-refractivity contribution is -0.119. The molecule has 1 aliphatic heterocycles. The summed E-state index contributed by atoms with van der Waals surface area (Å²) in [5.74, 6) is 1.30. The predicted octanol–water partition coefficient (Wildman–Crippen LogP) is 1.84. The van der Waals surface area contributed by atoms with E-state index in [1.807, 2.05) is 24.3 Å². The van der Waals surface area contributed by atoms with Gasteiger partial charge in [0.2, 0.25) is 5.91 Å². The van der Waals surface area contributed by atoms with Crippen LogP contribution in [0.2, 0.25) is 0 Å². The van der Waals surface area contributed by atoms with Gasteiger partial charge in [-0.2, -0.15) is 0 Å². The summed E-state index contributed by atoms with van der Waals surface area (Å²) < 4.78 is 5.83. The summed E-state index contributed by atoms with van der Waals surface area (Å²) in [6, 6.07) is 15.9. The molecule has 0 radical (unpaired) electrons. The van der Waals surface area contributed by atoms with Crippen LogP contribution in [0.25, 0.3) is 11.4 Å². The molecule has 1 aromatic heterocycles. The SMILES string of the molecule is NC(=O)c1cc(N[C@H]2CCNC2=O)nc(-c2ccc(Oc3ccc(P)cc3)cc2)n1. The molecule has 8 nitrogen and oxygen atoms in total. The van der Waals surface area contributed by atoms with Gasteiger partial charge in [-0.15, -0.1) is 9.24 Å². The molecule has 152 valence electrons. The van der Waals surface area contributed by atoms with E-state index < -0.39 is 11.9 Å². The van der Waals surface area contributed by atoms with E-state index in [0.717, 1.165) is 11.1 Å². The summed E-state index contributed by atoms with van der Waals surface area (Å²) in [5.41, 5.74) is 6.18. The molecule has 1 aliphatic rings. The monoisotopic (exact) mass is 421 g/mol. The van der Waals surface area contributed by atoms with E-state index in [-0.39, 0.29) is 11.6 Å². The second kappa shape index (κ2) is 8.47. The van der Waals surface area contributed by atoms with Crippen molar-refractivity contribution in [3.05, 3.63) is 60.3 Å². The van der Waals surface area contributed by atoms with E-state index in [0.29, 0.717) is 35.9 Å². The minimum absolute atomic E-state index is 0.0683. The number of nitrogens with two attached hydrogens (primary N) is 1. The zero-order valence-corrected chi connectivity index (χ0v) is 17.1. The van der Waals surface area contributed by atoms with Gasteiger partial charge in [0.15, 0.2) is 5.82 Å². The van der Waals surface area contributed by atoms with E-state index in [1.54, 1.807) is 24.3 Å². The van der Waals surface area contributed by atoms with Crippen LogP contribution in [0.15, 0.2) is 54.6 Å². The Balaban J connectivity index is 1.58. The number of nitrogens with one attached hydrogen (secondary N) is 2. The number of anilines is 1. The van der Waals surface area contributed by atoms with Gasteiger partial charge in [-0.05, 0) is 48.1 Å². The first-order chi connectivity index (χ1) is 14.5. The maximum absolute atomic E-state index is 11.8. The number of benzene rings is 2. The lowest BCUT2D eigenvalue weighted by atomic mass is 10.2. The number of aromatic nitrogens is 2. The molecule has 9 heteroatoms. The van der Waals surface area contributed by atoms with Crippen molar-refractivity contribution in [2.45, 2.75) is 12.5 Å². The zero-order chi connectivity index (χ0) is 21.1. The molecule has 2 atom stereocenters. The number of ether oxygens (including phenoxy) is 1. The molecule has 30 heavy (non-hydrogen) atoms. The number of amides is 2. The van der Waals surface area contributed by atoms with Crippen LogP contribution in [0.4, 0.5) is 5.82 Å². The van der Waals surface area contributed by atoms with Crippen molar-refractivity contribution in [3.8, 4) is 22.9 Å². The van der Waals surface area contributed by atoms with Crippen LogP contribution in [-0.4, -0.2) is 34.4 Å². The van der Waals surface area contributed by atoms with Gasteiger partial charge in [0.05, 0.1) is 0 Å². The third-order valence-corrected chi connectivity index (χ3v) is 4.96. The number of hydrogen-bond donors (Lipinski definition) is 3. The van der Waals surface area contributed by atoms with Gasteiger partial charge in [0.25, 0.3) is 5.91 Å². The normalized spacial score (nSPS) is 15.5. The number of carbonyl (C=O) groups is 2. The summed E-state index contributed by atoms with van der Waals surface area (Å²) in [4.78, 5) is 32.3. The zero-order valence-electron chi connectivity index (χ0n) is 16.0. The van der Waals surface area contributed by atoms with Gasteiger partial charge in [-0.3, -0.25) is 9.59 Å². The maximum atomic E-state index is 11.8. The number of carbonyl (C=O) groups excluding carboxylic acids is 2. The lowest BCUT2D eigenvalue weighted by Crippen LogP contribution is -2.30. The highest BCUT2D eigenvalue weighted by atomic mass is 31.0. The van der Waals surface area contributed by atoms with Crippen LogP contribution >= 0.6 is 9.24 Å². The molecule has 2 amide bonds. The minimum atomic E-state index is -0.671. The van der Waals surface area contributed by atoms with Crippen molar-refractivity contribution in [1.82, 2.24) is 15.3 Å². The minimum Gasteiger partial charge on any atom is -0.457 e. The second-order valence-electron chi connectivity index (χ2n) is 6.80. The summed E-state index contributed by atoms with van der Waals surface area (Å²) in [7, 11) is 2.63. The number of rotatable bonds is 6. The Morgan fingerprint density at radius 2 is 1.77 bits per heavy atom. The second-order valence-corrected chi connectivity index (χ2v) is 7.47. The number of nitrogens with zero attached hydrogens (tertiary/aromatic N) is 2. The van der Waals surface area contributed by atoms with E-state index >= 15 is 0 Å². The Morgan fingerprint density at radius 3 is 2.37 bits per heavy atom. The quantitative estimate of drug-likeness (QED) is 0.523. The fourth-order valence-corrected chi connectivity index (χ4v) is 3.22. The van der Waals surface area contributed by atoms with E-state index in [1.165, 1.54) is 6.07 Å². The standard InChI is InChI=1S/C21H20N5O3P/c22-19(27)17-11-18(24-16-9-10-23-21(16)28)26-20(25-17)12-1-3-13(4-2-12)29-14-5-7-15(30)8-6-14/h1-8,11,16H,9-10,30H2,(H2,22,27)(H,23,28)(H,24,25,26)/t16-/m0/s1. The Hall–Kier alpha value is -3.51. The van der Waals surface area contributed by atoms with Crippen LogP contribution in [0, 0.1) is 0 Å². The Kier molecular flexibility index (Phi) is 5.59. The number of primary amides is 1. The third-order valence-electron chi connectivity index (χ3n) is 4.58. The highest BCUT2D eigenvalue weighted by molar-refractivity contribution is 7.27. The van der Waals surface area contributed by atoms with Crippen LogP contribution < -0.4 is 26.4 Å². The molecule has 2 aromatic carbocycles. The molecule has 1 unspecified atom stereocenters. The average Bonchev–Trinajstić information content (AvgIpc) is 3.14. The largest absolute Gasteiger partial charge is 0.457 e. The van der Waals surface area contributed by atoms with Crippen LogP contribution in [0.5, 0.6) is 11.5 Å². The van der Waals surface area contributed by atoms with E-state index in [2.05, 4.69) is 29.8 Å². The highest BCUT2D eigenvalue weighted by Gasteiger charge is 2.24. The van der Waals surface area contributed by atoms with Crippen molar-refractivity contribution in [2.24, 2.45) is 5.73 Å². The first-order valence-electron chi connectivity index (χ1n) is 9.35. The van der Waals surface area contributed by atoms with E-state index in [4.69, 9.17) is 10.5 Å². The van der Waals surface area contributed by atoms with Crippen LogP contribution in [-0.2, 0) is 4.79 Å². The van der Waals surface area contributed by atoms with Gasteiger partial charge in [-0.1, -0.05) is 12.1 Å². The van der Waals surface area contributed by atoms with Crippen molar-refractivity contribution in [3.63, 3.8) is 0 Å². The van der Waals surface area contributed by atoms with Gasteiger partial charge >= 0.3 is 0 Å². The Morgan fingerprint density at radius 1 is 1.10 bits per heavy atom. The van der Waals surface area contributed by atoms with Gasteiger partial charge in [0, 0.05) is 18.2 Å². The molecule has 1 fully saturated rings. The number of hydrogen-bond acceptors (Lipinski definition) is 6. The van der Waals surface area contributed by atoms with Crippen molar-refractivity contribution < 1.29 is 14.3 Å². The Bertz CT molecular complexity index is 1090. The summed E-state index contributed by atoms with van der Waals surface area (Å²) >= 11 is 0. The molecular formula is C21H20N5O3P. The van der Waals surface area contributed by atoms with Crippen molar-refractivity contribution in [2.75, 3.05) is 11.9 Å². The molecule has 3 aromatic rings. The van der Waals surface area contributed by atoms with Crippen molar-refractivity contribution >= 4 is 32.2 Å². The summed E-state index contributed by atoms with van der Waals surface area (Å²) in [6.45, 7) is 0.596. The molecule has 2 heterocycles. The predicted molar refractivity (Wildman–Crippen MR) is 117 cm³/mol. The molecule has 0 saturated carbocycles. The van der Waals surface area contributed by atoms with Crippen LogP contribution in [0.3, 0.4) is 0 Å². The summed E-state index contributed by atoms with van der Waals surface area (Å²) in [6.07, 6.45) is 0.633. The first-order valence-corrected chi connectivity index (χ1v) is 9.92. The topological polar surface area (TPSA) is 119 Å². The highest BCUT2D eigenvalue weighted by Crippen LogP contribution is 2.25. The molecule has 0 spiro atoms. The van der Waals surface area contributed by atoms with Crippen molar-refractivity contribution in [1.29, 1.82) is 0 Å². The fourth-order valence-electron chi connectivity index (χ4n) is 3.03. The molecule has 0 aliphatic carbocycles. The molecule has 4 rings (SSSR count). The van der Waals surface area contributed by atoms with Crippen LogP contribution in [0.1, 0.15) is 16.9 Å². The average molecular weight is 421 g/mol. The van der Waals surface area contributed by atoms with E-state index in [9.17, 15) is 9.59 Å². The molecule has 1 saturated heterocycles. The molecular weight excluding hydrogens is 401 g/mol. The molecule has 4 N–H and O–H groups in total. The fraction of sp³-hybridized carbons (Fsp3) is 0.143. The molecule has 0 bridgehead atoms. The Labute approximate surface area is 175 Å². The first kappa shape index (κ1) is 19.8. The smallest absolute Gasteiger partial charge is 0.267 e.